The second-order valence-electron chi connectivity index (χ2n) is 6.73. The lowest BCUT2D eigenvalue weighted by Crippen LogP contribution is -2.42. The number of amides is 2. The van der Waals surface area contributed by atoms with Crippen LogP contribution in [0.4, 0.5) is 0 Å². The smallest absolute Gasteiger partial charge is 0.246 e. The van der Waals surface area contributed by atoms with Crippen molar-refractivity contribution in [2.45, 2.75) is 12.8 Å². The standard InChI is InChI=1S/C24H24N2O2/c27-23(14-13-21-10-5-2-6-11-21)26-18-15-22(16-19-26)24(28)25-17-7-12-20-8-3-1-4-9-20/h1-6,8-11,13-14,22H,15-19H2,(H,25,28). The zero-order chi connectivity index (χ0) is 19.6. The Hall–Kier alpha value is -3.32. The van der Waals surface area contributed by atoms with Gasteiger partial charge in [-0.1, -0.05) is 60.4 Å². The van der Waals surface area contributed by atoms with Gasteiger partial charge in [0.2, 0.25) is 11.8 Å². The van der Waals surface area contributed by atoms with E-state index in [-0.39, 0.29) is 17.7 Å². The first-order valence-corrected chi connectivity index (χ1v) is 9.56. The van der Waals surface area contributed by atoms with Crippen LogP contribution in [0.2, 0.25) is 0 Å². The molecule has 1 heterocycles. The van der Waals surface area contributed by atoms with Crippen molar-refractivity contribution in [3.8, 4) is 11.8 Å². The van der Waals surface area contributed by atoms with Crippen LogP contribution in [0.3, 0.4) is 0 Å². The summed E-state index contributed by atoms with van der Waals surface area (Å²) in [5.41, 5.74) is 1.94. The van der Waals surface area contributed by atoms with Gasteiger partial charge in [-0.3, -0.25) is 9.59 Å². The average Bonchev–Trinajstić information content (AvgIpc) is 2.76. The van der Waals surface area contributed by atoms with Gasteiger partial charge >= 0.3 is 0 Å². The first kappa shape index (κ1) is 19.4. The Kier molecular flexibility index (Phi) is 7.03. The van der Waals surface area contributed by atoms with E-state index in [2.05, 4.69) is 17.2 Å². The summed E-state index contributed by atoms with van der Waals surface area (Å²) in [6.07, 6.45) is 4.80. The van der Waals surface area contributed by atoms with Gasteiger partial charge in [0.15, 0.2) is 0 Å². The van der Waals surface area contributed by atoms with Gasteiger partial charge in [-0.2, -0.15) is 0 Å². The first-order valence-electron chi connectivity index (χ1n) is 9.56. The Labute approximate surface area is 166 Å². The highest BCUT2D eigenvalue weighted by molar-refractivity contribution is 5.92. The summed E-state index contributed by atoms with van der Waals surface area (Å²) in [5, 5.41) is 2.88. The molecule has 1 saturated heterocycles. The number of hydrogen-bond acceptors (Lipinski definition) is 2. The highest BCUT2D eigenvalue weighted by Gasteiger charge is 2.26. The maximum absolute atomic E-state index is 12.3. The lowest BCUT2D eigenvalue weighted by Gasteiger charge is -2.30. The fraction of sp³-hybridized carbons (Fsp3) is 0.250. The van der Waals surface area contributed by atoms with Crippen molar-refractivity contribution in [2.75, 3.05) is 19.6 Å². The van der Waals surface area contributed by atoms with Crippen molar-refractivity contribution < 1.29 is 9.59 Å². The van der Waals surface area contributed by atoms with E-state index in [9.17, 15) is 9.59 Å². The number of rotatable bonds is 4. The van der Waals surface area contributed by atoms with Crippen LogP contribution in [0.5, 0.6) is 0 Å². The van der Waals surface area contributed by atoms with Crippen LogP contribution < -0.4 is 5.32 Å². The summed E-state index contributed by atoms with van der Waals surface area (Å²) in [6.45, 7) is 1.55. The minimum absolute atomic E-state index is 0.00330. The molecule has 0 aliphatic carbocycles. The molecule has 0 spiro atoms. The second kappa shape index (κ2) is 10.1. The topological polar surface area (TPSA) is 49.4 Å². The fourth-order valence-electron chi connectivity index (χ4n) is 3.14. The van der Waals surface area contributed by atoms with Gasteiger partial charge < -0.3 is 10.2 Å². The van der Waals surface area contributed by atoms with Crippen molar-refractivity contribution in [2.24, 2.45) is 5.92 Å². The quantitative estimate of drug-likeness (QED) is 0.662. The third-order valence-electron chi connectivity index (χ3n) is 4.75. The van der Waals surface area contributed by atoms with E-state index >= 15 is 0 Å². The highest BCUT2D eigenvalue weighted by atomic mass is 16.2. The monoisotopic (exact) mass is 372 g/mol. The van der Waals surface area contributed by atoms with Gasteiger partial charge in [-0.25, -0.2) is 0 Å². The van der Waals surface area contributed by atoms with Crippen LogP contribution >= 0.6 is 0 Å². The Bertz CT molecular complexity index is 871. The van der Waals surface area contributed by atoms with Crippen molar-refractivity contribution in [1.82, 2.24) is 10.2 Å². The summed E-state index contributed by atoms with van der Waals surface area (Å²) in [5.74, 6) is 5.97. The van der Waals surface area contributed by atoms with Crippen molar-refractivity contribution in [1.29, 1.82) is 0 Å². The molecule has 2 aromatic rings. The van der Waals surface area contributed by atoms with E-state index in [0.717, 1.165) is 11.1 Å². The van der Waals surface area contributed by atoms with Gasteiger partial charge in [0, 0.05) is 30.6 Å². The van der Waals surface area contributed by atoms with Gasteiger partial charge in [0.1, 0.15) is 0 Å². The van der Waals surface area contributed by atoms with Gasteiger partial charge in [-0.05, 0) is 36.6 Å². The molecule has 4 heteroatoms. The molecule has 1 aliphatic heterocycles. The molecule has 3 rings (SSSR count). The van der Waals surface area contributed by atoms with Crippen molar-refractivity contribution >= 4 is 17.9 Å². The third kappa shape index (κ3) is 5.85. The molecule has 28 heavy (non-hydrogen) atoms. The molecule has 142 valence electrons. The Balaban J connectivity index is 1.41. The molecule has 0 saturated carbocycles. The molecule has 1 N–H and O–H groups in total. The molecule has 1 aliphatic rings. The molecule has 0 bridgehead atoms. The molecular weight excluding hydrogens is 348 g/mol. The van der Waals surface area contributed by atoms with Gasteiger partial charge in [0.25, 0.3) is 0 Å². The first-order chi connectivity index (χ1) is 13.7. The van der Waals surface area contributed by atoms with Crippen LogP contribution in [0.15, 0.2) is 66.7 Å². The molecule has 0 aromatic heterocycles. The van der Waals surface area contributed by atoms with E-state index in [1.807, 2.05) is 66.7 Å². The third-order valence-corrected chi connectivity index (χ3v) is 4.75. The van der Waals surface area contributed by atoms with E-state index in [4.69, 9.17) is 0 Å². The molecule has 0 unspecified atom stereocenters. The van der Waals surface area contributed by atoms with Crippen LogP contribution in [0.1, 0.15) is 24.0 Å². The van der Waals surface area contributed by atoms with E-state index < -0.39 is 0 Å². The lowest BCUT2D eigenvalue weighted by atomic mass is 9.96. The maximum Gasteiger partial charge on any atom is 0.246 e. The summed E-state index contributed by atoms with van der Waals surface area (Å²) in [6, 6.07) is 19.4. The molecule has 1 fully saturated rings. The maximum atomic E-state index is 12.3. The minimum atomic E-state index is -0.0549. The summed E-state index contributed by atoms with van der Waals surface area (Å²) in [7, 11) is 0. The predicted molar refractivity (Wildman–Crippen MR) is 111 cm³/mol. The minimum Gasteiger partial charge on any atom is -0.345 e. The predicted octanol–water partition coefficient (Wildman–Crippen LogP) is 3.11. The Morgan fingerprint density at radius 1 is 1.00 bits per heavy atom. The summed E-state index contributed by atoms with van der Waals surface area (Å²) >= 11 is 0. The Morgan fingerprint density at radius 2 is 1.64 bits per heavy atom. The molecule has 4 nitrogen and oxygen atoms in total. The summed E-state index contributed by atoms with van der Waals surface area (Å²) in [4.78, 5) is 26.4. The molecule has 2 aromatic carbocycles. The number of carbonyl (C=O) groups is 2. The van der Waals surface area contributed by atoms with E-state index in [1.165, 1.54) is 0 Å². The zero-order valence-electron chi connectivity index (χ0n) is 15.8. The van der Waals surface area contributed by atoms with Crippen LogP contribution in [0.25, 0.3) is 6.08 Å². The van der Waals surface area contributed by atoms with Crippen LogP contribution in [-0.4, -0.2) is 36.3 Å². The molecule has 0 radical (unpaired) electrons. The highest BCUT2D eigenvalue weighted by Crippen LogP contribution is 2.17. The summed E-state index contributed by atoms with van der Waals surface area (Å²) < 4.78 is 0. The van der Waals surface area contributed by atoms with Crippen molar-refractivity contribution in [3.63, 3.8) is 0 Å². The normalized spacial score (nSPS) is 14.4. The number of carbonyl (C=O) groups excluding carboxylic acids is 2. The lowest BCUT2D eigenvalue weighted by molar-refractivity contribution is -0.132. The Morgan fingerprint density at radius 3 is 2.32 bits per heavy atom. The van der Waals surface area contributed by atoms with Crippen LogP contribution in [-0.2, 0) is 9.59 Å². The number of nitrogens with one attached hydrogen (secondary N) is 1. The second-order valence-corrected chi connectivity index (χ2v) is 6.73. The zero-order valence-corrected chi connectivity index (χ0v) is 15.8. The molecular formula is C24H24N2O2. The number of benzene rings is 2. The van der Waals surface area contributed by atoms with Crippen LogP contribution in [0, 0.1) is 17.8 Å². The van der Waals surface area contributed by atoms with Crippen molar-refractivity contribution in [3.05, 3.63) is 77.9 Å². The van der Waals surface area contributed by atoms with Gasteiger partial charge in [-0.15, -0.1) is 0 Å². The number of piperidine rings is 1. The van der Waals surface area contributed by atoms with Gasteiger partial charge in [0.05, 0.1) is 6.54 Å². The fourth-order valence-corrected chi connectivity index (χ4v) is 3.14. The SMILES string of the molecule is O=C(NCC#Cc1ccccc1)C1CCN(C(=O)C=Cc2ccccc2)CC1. The molecule has 0 atom stereocenters. The molecule has 2 amide bonds. The van der Waals surface area contributed by atoms with E-state index in [1.54, 1.807) is 11.0 Å². The average molecular weight is 372 g/mol. The van der Waals surface area contributed by atoms with E-state index in [0.29, 0.717) is 32.5 Å². The number of hydrogen-bond donors (Lipinski definition) is 1. The number of likely N-dealkylation sites (tertiary alicyclic amines) is 1. The largest absolute Gasteiger partial charge is 0.345 e. The number of nitrogens with zero attached hydrogens (tertiary/aromatic N) is 1.